The molecule has 1 fully saturated rings. The number of hydrogen-bond donors (Lipinski definition) is 1. The number of likely N-dealkylation sites (N-methyl/N-ethyl adjacent to an activating group) is 1. The van der Waals surface area contributed by atoms with Gasteiger partial charge in [-0.2, -0.15) is 24.9 Å². The monoisotopic (exact) mass is 228 g/mol. The first-order valence-electron chi connectivity index (χ1n) is 4.45. The van der Waals surface area contributed by atoms with Gasteiger partial charge in [-0.05, 0) is 19.2 Å². The topological polar surface area (TPSA) is 29.3 Å². The van der Waals surface area contributed by atoms with Crippen LogP contribution >= 0.6 is 11.8 Å². The van der Waals surface area contributed by atoms with Crippen molar-refractivity contribution < 1.29 is 13.2 Å². The van der Waals surface area contributed by atoms with Gasteiger partial charge in [0.05, 0.1) is 6.54 Å². The van der Waals surface area contributed by atoms with Crippen molar-refractivity contribution in [2.45, 2.75) is 18.1 Å². The Bertz CT molecular complexity index is 190. The highest BCUT2D eigenvalue weighted by Crippen LogP contribution is 2.33. The highest BCUT2D eigenvalue weighted by molar-refractivity contribution is 7.99. The van der Waals surface area contributed by atoms with Gasteiger partial charge in [0.15, 0.2) is 0 Å². The summed E-state index contributed by atoms with van der Waals surface area (Å²) in [4.78, 5) is 1.35. The standard InChI is InChI=1S/C8H15F3N2S/c1-13(5-8(9,10)11)7(4-12)2-3-14-6-7/h2-6,12H2,1H3. The molecule has 1 rings (SSSR count). The van der Waals surface area contributed by atoms with Gasteiger partial charge in [-0.25, -0.2) is 0 Å². The molecule has 1 aliphatic heterocycles. The molecular weight excluding hydrogens is 213 g/mol. The Kier molecular flexibility index (Phi) is 3.71. The van der Waals surface area contributed by atoms with Gasteiger partial charge in [-0.1, -0.05) is 0 Å². The van der Waals surface area contributed by atoms with Gasteiger partial charge in [0.1, 0.15) is 0 Å². The summed E-state index contributed by atoms with van der Waals surface area (Å²) in [5.74, 6) is 1.61. The molecule has 84 valence electrons. The van der Waals surface area contributed by atoms with Gasteiger partial charge < -0.3 is 5.73 Å². The number of alkyl halides is 3. The molecule has 1 unspecified atom stereocenters. The lowest BCUT2D eigenvalue weighted by Gasteiger charge is -2.37. The van der Waals surface area contributed by atoms with Crippen LogP contribution in [0.4, 0.5) is 13.2 Å². The summed E-state index contributed by atoms with van der Waals surface area (Å²) in [6.07, 6.45) is -3.38. The summed E-state index contributed by atoms with van der Waals surface area (Å²) in [6.45, 7) is -0.572. The maximum atomic E-state index is 12.2. The molecule has 1 heterocycles. The first-order chi connectivity index (χ1) is 6.40. The fourth-order valence-electron chi connectivity index (χ4n) is 1.65. The van der Waals surface area contributed by atoms with Crippen molar-refractivity contribution in [3.8, 4) is 0 Å². The first kappa shape index (κ1) is 12.1. The van der Waals surface area contributed by atoms with E-state index >= 15 is 0 Å². The number of rotatable bonds is 3. The fourth-order valence-corrected chi connectivity index (χ4v) is 3.18. The minimum absolute atomic E-state index is 0.298. The average molecular weight is 228 g/mol. The molecule has 1 saturated heterocycles. The van der Waals surface area contributed by atoms with E-state index in [9.17, 15) is 13.2 Å². The second-order valence-electron chi connectivity index (χ2n) is 3.70. The van der Waals surface area contributed by atoms with E-state index in [4.69, 9.17) is 5.73 Å². The van der Waals surface area contributed by atoms with Crippen molar-refractivity contribution in [1.82, 2.24) is 4.90 Å². The van der Waals surface area contributed by atoms with Crippen molar-refractivity contribution in [1.29, 1.82) is 0 Å². The van der Waals surface area contributed by atoms with Crippen molar-refractivity contribution in [3.05, 3.63) is 0 Å². The highest BCUT2D eigenvalue weighted by atomic mass is 32.2. The molecule has 6 heteroatoms. The van der Waals surface area contributed by atoms with E-state index in [0.29, 0.717) is 12.3 Å². The van der Waals surface area contributed by atoms with Gasteiger partial charge in [-0.3, -0.25) is 4.90 Å². The molecule has 0 radical (unpaired) electrons. The van der Waals surface area contributed by atoms with Crippen molar-refractivity contribution in [3.63, 3.8) is 0 Å². The minimum Gasteiger partial charge on any atom is -0.329 e. The van der Waals surface area contributed by atoms with Crippen LogP contribution in [0.2, 0.25) is 0 Å². The summed E-state index contributed by atoms with van der Waals surface area (Å²) >= 11 is 1.67. The van der Waals surface area contributed by atoms with Crippen molar-refractivity contribution >= 4 is 11.8 Å². The Balaban J connectivity index is 2.60. The third kappa shape index (κ3) is 2.77. The molecule has 0 aromatic carbocycles. The molecule has 1 atom stereocenters. The van der Waals surface area contributed by atoms with Gasteiger partial charge in [0.2, 0.25) is 0 Å². The van der Waals surface area contributed by atoms with Crippen LogP contribution in [0.3, 0.4) is 0 Å². The predicted octanol–water partition coefficient (Wildman–Crippen LogP) is 1.31. The predicted molar refractivity (Wildman–Crippen MR) is 52.4 cm³/mol. The van der Waals surface area contributed by atoms with Crippen LogP contribution in [0.1, 0.15) is 6.42 Å². The molecule has 0 saturated carbocycles. The summed E-state index contributed by atoms with van der Waals surface area (Å²) in [7, 11) is 1.51. The number of nitrogens with zero attached hydrogens (tertiary/aromatic N) is 1. The van der Waals surface area contributed by atoms with Crippen molar-refractivity contribution in [2.24, 2.45) is 5.73 Å². The Labute approximate surface area is 86.0 Å². The lowest BCUT2D eigenvalue weighted by atomic mass is 9.97. The Morgan fingerprint density at radius 2 is 2.14 bits per heavy atom. The molecule has 0 aliphatic carbocycles. The van der Waals surface area contributed by atoms with Gasteiger partial charge in [0.25, 0.3) is 0 Å². The van der Waals surface area contributed by atoms with E-state index in [-0.39, 0.29) is 0 Å². The molecular formula is C8H15F3N2S. The Hall–Kier alpha value is 0.0600. The zero-order chi connectivity index (χ0) is 10.8. The van der Waals surface area contributed by atoms with Gasteiger partial charge in [-0.15, -0.1) is 0 Å². The third-order valence-corrected chi connectivity index (χ3v) is 3.92. The highest BCUT2D eigenvalue weighted by Gasteiger charge is 2.41. The average Bonchev–Trinajstić information content (AvgIpc) is 2.49. The molecule has 1 aliphatic rings. The maximum absolute atomic E-state index is 12.2. The molecule has 0 amide bonds. The summed E-state index contributed by atoms with van der Waals surface area (Å²) in [5.41, 5.74) is 5.12. The van der Waals surface area contributed by atoms with E-state index in [2.05, 4.69) is 0 Å². The molecule has 2 N–H and O–H groups in total. The van der Waals surface area contributed by atoms with Crippen LogP contribution in [-0.2, 0) is 0 Å². The lowest BCUT2D eigenvalue weighted by Crippen LogP contribution is -2.54. The third-order valence-electron chi connectivity index (χ3n) is 2.69. The van der Waals surface area contributed by atoms with Crippen LogP contribution < -0.4 is 5.73 Å². The maximum Gasteiger partial charge on any atom is 0.401 e. The zero-order valence-electron chi connectivity index (χ0n) is 8.10. The van der Waals surface area contributed by atoms with Crippen LogP contribution in [0.5, 0.6) is 0 Å². The second-order valence-corrected chi connectivity index (χ2v) is 4.81. The molecule has 0 aromatic heterocycles. The minimum atomic E-state index is -4.13. The lowest BCUT2D eigenvalue weighted by molar-refractivity contribution is -0.153. The second kappa shape index (κ2) is 4.28. The van der Waals surface area contributed by atoms with Crippen molar-refractivity contribution in [2.75, 3.05) is 31.6 Å². The molecule has 0 aromatic rings. The number of hydrogen-bond acceptors (Lipinski definition) is 3. The first-order valence-corrected chi connectivity index (χ1v) is 5.61. The van der Waals surface area contributed by atoms with E-state index in [1.807, 2.05) is 0 Å². The fraction of sp³-hybridized carbons (Fsp3) is 1.00. The van der Waals surface area contributed by atoms with Crippen LogP contribution in [0, 0.1) is 0 Å². The van der Waals surface area contributed by atoms with Crippen LogP contribution in [0.25, 0.3) is 0 Å². The van der Waals surface area contributed by atoms with E-state index in [1.165, 1.54) is 11.9 Å². The van der Waals surface area contributed by atoms with E-state index in [1.54, 1.807) is 11.8 Å². The largest absolute Gasteiger partial charge is 0.401 e. The zero-order valence-corrected chi connectivity index (χ0v) is 8.92. The van der Waals surface area contributed by atoms with Crippen LogP contribution in [0.15, 0.2) is 0 Å². The summed E-state index contributed by atoms with van der Waals surface area (Å²) in [5, 5.41) is 0. The quantitative estimate of drug-likeness (QED) is 0.790. The molecule has 0 spiro atoms. The van der Waals surface area contributed by atoms with Crippen LogP contribution in [-0.4, -0.2) is 48.3 Å². The Morgan fingerprint density at radius 1 is 1.50 bits per heavy atom. The summed E-state index contributed by atoms with van der Waals surface area (Å²) in [6, 6.07) is 0. The van der Waals surface area contributed by atoms with E-state index in [0.717, 1.165) is 12.2 Å². The Morgan fingerprint density at radius 3 is 2.50 bits per heavy atom. The van der Waals surface area contributed by atoms with Gasteiger partial charge in [0, 0.05) is 17.8 Å². The normalized spacial score (nSPS) is 28.7. The number of halogens is 3. The molecule has 14 heavy (non-hydrogen) atoms. The summed E-state index contributed by atoms with van der Waals surface area (Å²) < 4.78 is 36.5. The van der Waals surface area contributed by atoms with E-state index < -0.39 is 18.3 Å². The molecule has 0 bridgehead atoms. The smallest absolute Gasteiger partial charge is 0.329 e. The number of thioether (sulfide) groups is 1. The number of nitrogens with two attached hydrogens (primary N) is 1. The molecule has 2 nitrogen and oxygen atoms in total. The SMILES string of the molecule is CN(CC(F)(F)F)C1(CN)CCSC1. The van der Waals surface area contributed by atoms with Gasteiger partial charge >= 0.3 is 6.18 Å².